The molecular weight excluding hydrogens is 251 g/mol. The fourth-order valence-electron chi connectivity index (χ4n) is 1.33. The number of phenolic OH excluding ortho intramolecular Hbond substituents is 1. The van der Waals surface area contributed by atoms with Crippen LogP contribution in [0.5, 0.6) is 5.75 Å². The van der Waals surface area contributed by atoms with Gasteiger partial charge in [-0.05, 0) is 0 Å². The van der Waals surface area contributed by atoms with Crippen LogP contribution in [0.3, 0.4) is 0 Å². The standard InChI is InChI=1S/C13H12OSe/c1-10-7-8-13(12(14)9-10)15-11-5-3-2-4-6-11/h2-9,14H,1H3. The summed E-state index contributed by atoms with van der Waals surface area (Å²) in [6.45, 7) is 1.99. The molecule has 0 aliphatic rings. The molecule has 2 heteroatoms. The number of aryl methyl sites for hydroxylation is 1. The van der Waals surface area contributed by atoms with E-state index in [9.17, 15) is 5.11 Å². The zero-order chi connectivity index (χ0) is 10.7. The first-order valence-electron chi connectivity index (χ1n) is 4.78. The summed E-state index contributed by atoms with van der Waals surface area (Å²) in [5.41, 5.74) is 1.10. The molecule has 2 aromatic carbocycles. The van der Waals surface area contributed by atoms with Crippen LogP contribution in [0.15, 0.2) is 48.5 Å². The van der Waals surface area contributed by atoms with E-state index in [0.717, 1.165) is 10.0 Å². The van der Waals surface area contributed by atoms with Crippen molar-refractivity contribution in [2.45, 2.75) is 6.92 Å². The maximum atomic E-state index is 9.77. The molecule has 0 fully saturated rings. The number of aromatic hydroxyl groups is 1. The first-order chi connectivity index (χ1) is 7.25. The second-order valence-electron chi connectivity index (χ2n) is 3.39. The summed E-state index contributed by atoms with van der Waals surface area (Å²) in [7, 11) is 0. The Labute approximate surface area is 95.9 Å². The number of phenols is 1. The third-order valence-electron chi connectivity index (χ3n) is 2.09. The van der Waals surface area contributed by atoms with Gasteiger partial charge in [-0.25, -0.2) is 0 Å². The van der Waals surface area contributed by atoms with E-state index in [4.69, 9.17) is 0 Å². The van der Waals surface area contributed by atoms with Gasteiger partial charge in [0.2, 0.25) is 0 Å². The van der Waals surface area contributed by atoms with E-state index in [1.54, 1.807) is 0 Å². The molecule has 0 aliphatic heterocycles. The molecule has 0 heterocycles. The average Bonchev–Trinajstić information content (AvgIpc) is 2.24. The Bertz CT molecular complexity index is 451. The number of hydrogen-bond donors (Lipinski definition) is 1. The van der Waals surface area contributed by atoms with E-state index in [-0.39, 0.29) is 15.0 Å². The second-order valence-corrected chi connectivity index (χ2v) is 5.73. The van der Waals surface area contributed by atoms with E-state index >= 15 is 0 Å². The minimum absolute atomic E-state index is 0.193. The Balaban J connectivity index is 2.25. The Hall–Kier alpha value is -1.24. The summed E-state index contributed by atoms with van der Waals surface area (Å²) in [5, 5.41) is 9.77. The SMILES string of the molecule is Cc1ccc([Se]c2ccccc2)c(O)c1. The van der Waals surface area contributed by atoms with Crippen molar-refractivity contribution in [2.24, 2.45) is 0 Å². The van der Waals surface area contributed by atoms with Crippen molar-refractivity contribution in [3.63, 3.8) is 0 Å². The van der Waals surface area contributed by atoms with Crippen molar-refractivity contribution in [3.8, 4) is 5.75 Å². The maximum absolute atomic E-state index is 9.77. The van der Waals surface area contributed by atoms with E-state index < -0.39 is 0 Å². The number of hydrogen-bond acceptors (Lipinski definition) is 1. The Morgan fingerprint density at radius 1 is 1.00 bits per heavy atom. The summed E-state index contributed by atoms with van der Waals surface area (Å²) >= 11 is 0.193. The van der Waals surface area contributed by atoms with Gasteiger partial charge in [0.25, 0.3) is 0 Å². The van der Waals surface area contributed by atoms with Crippen molar-refractivity contribution >= 4 is 23.9 Å². The third kappa shape index (κ3) is 2.62. The van der Waals surface area contributed by atoms with Gasteiger partial charge in [-0.3, -0.25) is 0 Å². The van der Waals surface area contributed by atoms with Crippen LogP contribution in [-0.4, -0.2) is 20.1 Å². The molecule has 0 aromatic heterocycles. The van der Waals surface area contributed by atoms with Gasteiger partial charge >= 0.3 is 95.8 Å². The molecule has 0 amide bonds. The Morgan fingerprint density at radius 3 is 2.40 bits per heavy atom. The fraction of sp³-hybridized carbons (Fsp3) is 0.0769. The van der Waals surface area contributed by atoms with Gasteiger partial charge in [-0.1, -0.05) is 0 Å². The van der Waals surface area contributed by atoms with Gasteiger partial charge in [0.05, 0.1) is 0 Å². The summed E-state index contributed by atoms with van der Waals surface area (Å²) in [4.78, 5) is 0. The number of rotatable bonds is 2. The first kappa shape index (κ1) is 10.3. The molecule has 0 saturated carbocycles. The van der Waals surface area contributed by atoms with E-state index in [1.165, 1.54) is 4.46 Å². The zero-order valence-electron chi connectivity index (χ0n) is 8.47. The molecule has 0 bridgehead atoms. The summed E-state index contributed by atoms with van der Waals surface area (Å²) < 4.78 is 2.32. The van der Waals surface area contributed by atoms with Gasteiger partial charge in [0, 0.05) is 0 Å². The molecule has 0 spiro atoms. The van der Waals surface area contributed by atoms with E-state index in [2.05, 4.69) is 12.1 Å². The quantitative estimate of drug-likeness (QED) is 0.811. The van der Waals surface area contributed by atoms with Crippen molar-refractivity contribution in [1.29, 1.82) is 0 Å². The molecule has 2 aromatic rings. The minimum atomic E-state index is 0.193. The van der Waals surface area contributed by atoms with Crippen molar-refractivity contribution in [3.05, 3.63) is 54.1 Å². The normalized spacial score (nSPS) is 10.2. The van der Waals surface area contributed by atoms with Gasteiger partial charge in [-0.15, -0.1) is 0 Å². The van der Waals surface area contributed by atoms with Crippen LogP contribution in [0, 0.1) is 6.92 Å². The van der Waals surface area contributed by atoms with Crippen LogP contribution in [0.2, 0.25) is 0 Å². The Morgan fingerprint density at radius 2 is 1.73 bits per heavy atom. The predicted molar refractivity (Wildman–Crippen MR) is 64.3 cm³/mol. The van der Waals surface area contributed by atoms with E-state index in [1.807, 2.05) is 43.3 Å². The molecule has 1 N–H and O–H groups in total. The topological polar surface area (TPSA) is 20.2 Å². The molecule has 0 aliphatic carbocycles. The monoisotopic (exact) mass is 264 g/mol. The average molecular weight is 263 g/mol. The van der Waals surface area contributed by atoms with Crippen LogP contribution in [0.1, 0.15) is 5.56 Å². The van der Waals surface area contributed by atoms with Crippen LogP contribution in [-0.2, 0) is 0 Å². The predicted octanol–water partition coefficient (Wildman–Crippen LogP) is 1.36. The molecule has 15 heavy (non-hydrogen) atoms. The molecule has 76 valence electrons. The molecule has 2 rings (SSSR count). The molecular formula is C13H12OSe. The second kappa shape index (κ2) is 4.52. The third-order valence-corrected chi connectivity index (χ3v) is 4.34. The van der Waals surface area contributed by atoms with Crippen molar-refractivity contribution in [2.75, 3.05) is 0 Å². The first-order valence-corrected chi connectivity index (χ1v) is 6.49. The van der Waals surface area contributed by atoms with Crippen LogP contribution in [0.25, 0.3) is 0 Å². The number of benzene rings is 2. The van der Waals surface area contributed by atoms with Crippen LogP contribution < -0.4 is 8.92 Å². The van der Waals surface area contributed by atoms with Crippen LogP contribution in [0.4, 0.5) is 0 Å². The van der Waals surface area contributed by atoms with Crippen molar-refractivity contribution in [1.82, 2.24) is 0 Å². The van der Waals surface area contributed by atoms with Gasteiger partial charge in [-0.2, -0.15) is 0 Å². The molecule has 0 radical (unpaired) electrons. The molecule has 0 saturated heterocycles. The molecule has 1 nitrogen and oxygen atoms in total. The van der Waals surface area contributed by atoms with Crippen LogP contribution >= 0.6 is 0 Å². The summed E-state index contributed by atoms with van der Waals surface area (Å²) in [6.07, 6.45) is 0. The van der Waals surface area contributed by atoms with Gasteiger partial charge < -0.3 is 0 Å². The van der Waals surface area contributed by atoms with E-state index in [0.29, 0.717) is 5.75 Å². The Kier molecular flexibility index (Phi) is 3.10. The van der Waals surface area contributed by atoms with Gasteiger partial charge in [0.1, 0.15) is 0 Å². The summed E-state index contributed by atoms with van der Waals surface area (Å²) in [6, 6.07) is 16.1. The fourth-order valence-corrected chi connectivity index (χ4v) is 3.11. The van der Waals surface area contributed by atoms with Crippen molar-refractivity contribution < 1.29 is 5.11 Å². The zero-order valence-corrected chi connectivity index (χ0v) is 10.2. The molecule has 0 atom stereocenters. The van der Waals surface area contributed by atoms with Gasteiger partial charge in [0.15, 0.2) is 0 Å². The summed E-state index contributed by atoms with van der Waals surface area (Å²) in [5.74, 6) is 0.416. The molecule has 0 unspecified atom stereocenters.